The average molecular weight is 666 g/mol. The van der Waals surface area contributed by atoms with Gasteiger partial charge in [0.25, 0.3) is 0 Å². The third kappa shape index (κ3) is 4.34. The van der Waals surface area contributed by atoms with E-state index in [-0.39, 0.29) is 7.25 Å². The number of fused-ring (bicyclic) bond motifs is 2. The summed E-state index contributed by atoms with van der Waals surface area (Å²) in [5.74, 6) is -2.20. The standard InChI is InChI=1S/C15H11.C12H11Si.C10H9.2ClH.Zr/c1-2-6-12(7-3-1)14-10-4-8-13-9-5-11-15(13)14;1-3-7-11(8-4-1)13-12-9-5-2-6-10-12;1-8-6-9-4-2-3-5-10(9)7-8;;;/h1-11H;1-10,13H;2-7H,1H3;2*1H;/q;;;;;+2/p-2. The Hall–Kier alpha value is -2.74. The zero-order valence-corrected chi connectivity index (χ0v) is 28.0. The van der Waals surface area contributed by atoms with Crippen molar-refractivity contribution in [2.45, 2.75) is 14.2 Å². The number of hydrogen-bond donors (Lipinski definition) is 0. The second kappa shape index (κ2) is 10.5. The Morgan fingerprint density at radius 1 is 0.610 bits per heavy atom. The summed E-state index contributed by atoms with van der Waals surface area (Å²) in [4.78, 5) is 0. The van der Waals surface area contributed by atoms with Gasteiger partial charge in [-0.3, -0.25) is 0 Å². The molecule has 2 atom stereocenters. The van der Waals surface area contributed by atoms with Crippen LogP contribution in [0.1, 0.15) is 36.4 Å². The van der Waals surface area contributed by atoms with Gasteiger partial charge in [0.1, 0.15) is 0 Å². The Morgan fingerprint density at radius 3 is 1.83 bits per heavy atom. The van der Waals surface area contributed by atoms with Gasteiger partial charge in [0, 0.05) is 0 Å². The van der Waals surface area contributed by atoms with Crippen LogP contribution in [0.15, 0.2) is 145 Å². The number of allylic oxidation sites excluding steroid dienone is 2. The SMILES string of the molecule is CC1=Cc2ccccc2[CH]1[Zr]([Cl])([Cl])([CH]1C=Cc2c(-c3ccccc3)cccc21)[SiH](c1ccccc1)c1ccccc1. The van der Waals surface area contributed by atoms with Crippen LogP contribution in [-0.4, -0.2) is 5.92 Å². The predicted molar refractivity (Wildman–Crippen MR) is 177 cm³/mol. The van der Waals surface area contributed by atoms with Crippen LogP contribution in [-0.2, 0) is 15.6 Å². The predicted octanol–water partition coefficient (Wildman–Crippen LogP) is 9.12. The third-order valence-electron chi connectivity index (χ3n) is 9.12. The first kappa shape index (κ1) is 27.1. The molecule has 2 unspecified atom stereocenters. The molecule has 0 nitrogen and oxygen atoms in total. The summed E-state index contributed by atoms with van der Waals surface area (Å²) < 4.78 is 0.00375. The number of halogens is 2. The Balaban J connectivity index is 1.54. The van der Waals surface area contributed by atoms with Crippen molar-refractivity contribution in [3.63, 3.8) is 0 Å². The molecule has 0 heterocycles. The van der Waals surface area contributed by atoms with Gasteiger partial charge < -0.3 is 0 Å². The third-order valence-corrected chi connectivity index (χ3v) is 51.3. The van der Waals surface area contributed by atoms with Crippen LogP contribution in [0.2, 0.25) is 0 Å². The van der Waals surface area contributed by atoms with Crippen molar-refractivity contribution >= 4 is 45.5 Å². The molecule has 0 aromatic heterocycles. The van der Waals surface area contributed by atoms with Crippen LogP contribution < -0.4 is 10.4 Å². The van der Waals surface area contributed by atoms with Crippen molar-refractivity contribution < 1.29 is 15.6 Å². The molecule has 7 rings (SSSR count). The van der Waals surface area contributed by atoms with Gasteiger partial charge in [0.2, 0.25) is 0 Å². The number of hydrogen-bond acceptors (Lipinski definition) is 0. The van der Waals surface area contributed by atoms with Gasteiger partial charge in [-0.1, -0.05) is 0 Å². The van der Waals surface area contributed by atoms with Gasteiger partial charge in [-0.25, -0.2) is 0 Å². The second-order valence-corrected chi connectivity index (χ2v) is 49.7. The molecular formula is C37H31Cl2SiZr. The maximum absolute atomic E-state index is 8.74. The van der Waals surface area contributed by atoms with Crippen molar-refractivity contribution in [1.29, 1.82) is 0 Å². The van der Waals surface area contributed by atoms with E-state index in [1.54, 1.807) is 0 Å². The van der Waals surface area contributed by atoms with Crippen LogP contribution >= 0.6 is 17.0 Å². The molecule has 0 N–H and O–H groups in total. The van der Waals surface area contributed by atoms with E-state index in [2.05, 4.69) is 159 Å². The molecule has 0 saturated heterocycles. The maximum atomic E-state index is 8.74. The van der Waals surface area contributed by atoms with Crippen molar-refractivity contribution in [1.82, 2.24) is 0 Å². The molecule has 0 saturated carbocycles. The molecule has 2 aliphatic carbocycles. The first-order valence-electron chi connectivity index (χ1n) is 14.3. The number of benzene rings is 5. The van der Waals surface area contributed by atoms with E-state index in [1.165, 1.54) is 49.3 Å². The van der Waals surface area contributed by atoms with Gasteiger partial charge in [-0.15, -0.1) is 0 Å². The molecule has 0 radical (unpaired) electrons. The fourth-order valence-electron chi connectivity index (χ4n) is 7.54. The van der Waals surface area contributed by atoms with Crippen LogP contribution in [0.3, 0.4) is 0 Å². The van der Waals surface area contributed by atoms with Gasteiger partial charge in [0.05, 0.1) is 0 Å². The molecule has 5 aromatic carbocycles. The van der Waals surface area contributed by atoms with Gasteiger partial charge in [0.15, 0.2) is 0 Å². The van der Waals surface area contributed by atoms with E-state index < -0.39 is 21.5 Å². The van der Waals surface area contributed by atoms with E-state index >= 15 is 0 Å². The van der Waals surface area contributed by atoms with E-state index in [0.717, 1.165) is 0 Å². The molecule has 2 aliphatic rings. The Labute approximate surface area is 251 Å². The molecule has 41 heavy (non-hydrogen) atoms. The van der Waals surface area contributed by atoms with Gasteiger partial charge >= 0.3 is 254 Å². The Bertz CT molecular complexity index is 1760. The van der Waals surface area contributed by atoms with Crippen molar-refractivity contribution in [3.05, 3.63) is 167 Å². The van der Waals surface area contributed by atoms with Gasteiger partial charge in [-0.2, -0.15) is 0 Å². The molecular weight excluding hydrogens is 635 g/mol. The first-order valence-corrected chi connectivity index (χ1v) is 29.4. The number of rotatable bonds is 6. The fraction of sp³-hybridized carbons (Fsp3) is 0.0811. The summed E-state index contributed by atoms with van der Waals surface area (Å²) in [6.45, 7) is 2.25. The van der Waals surface area contributed by atoms with Gasteiger partial charge in [-0.05, 0) is 0 Å². The first-order chi connectivity index (χ1) is 20.0. The summed E-state index contributed by atoms with van der Waals surface area (Å²) in [6.07, 6.45) is 7.02. The molecule has 0 fully saturated rings. The zero-order valence-electron chi connectivity index (χ0n) is 22.9. The summed E-state index contributed by atoms with van der Waals surface area (Å²) in [6, 6.07) is 48.0. The summed E-state index contributed by atoms with van der Waals surface area (Å²) in [5.41, 5.74) is 8.85. The minimum atomic E-state index is -5.10. The second-order valence-electron chi connectivity index (χ2n) is 11.4. The van der Waals surface area contributed by atoms with Crippen LogP contribution in [0.5, 0.6) is 0 Å². The topological polar surface area (TPSA) is 0 Å². The monoisotopic (exact) mass is 663 g/mol. The molecule has 0 aliphatic heterocycles. The van der Waals surface area contributed by atoms with Crippen molar-refractivity contribution in [3.8, 4) is 11.1 Å². The van der Waals surface area contributed by atoms with E-state index in [9.17, 15) is 0 Å². The normalized spacial score (nSPS) is 18.4. The summed E-state index contributed by atoms with van der Waals surface area (Å²) in [7, 11) is 17.5. The zero-order chi connectivity index (χ0) is 28.1. The van der Waals surface area contributed by atoms with E-state index in [0.29, 0.717) is 0 Å². The molecule has 0 amide bonds. The summed E-state index contributed by atoms with van der Waals surface area (Å²) in [5, 5.41) is 2.65. The minimum absolute atomic E-state index is 0.0185. The summed E-state index contributed by atoms with van der Waals surface area (Å²) >= 11 is -5.10. The Morgan fingerprint density at radius 2 is 1.17 bits per heavy atom. The van der Waals surface area contributed by atoms with E-state index in [1.807, 2.05) is 0 Å². The molecule has 4 heteroatoms. The molecule has 0 spiro atoms. The van der Waals surface area contributed by atoms with E-state index in [4.69, 9.17) is 17.0 Å². The Kier molecular flexibility index (Phi) is 6.95. The quantitative estimate of drug-likeness (QED) is 0.159. The van der Waals surface area contributed by atoms with Crippen LogP contribution in [0.4, 0.5) is 0 Å². The molecule has 5 aromatic rings. The van der Waals surface area contributed by atoms with Crippen molar-refractivity contribution in [2.24, 2.45) is 0 Å². The van der Waals surface area contributed by atoms with Crippen LogP contribution in [0.25, 0.3) is 23.3 Å². The van der Waals surface area contributed by atoms with Crippen molar-refractivity contribution in [2.75, 3.05) is 0 Å². The average Bonchev–Trinajstić information content (AvgIpc) is 3.61. The molecule has 0 bridgehead atoms. The molecule has 201 valence electrons. The fourth-order valence-corrected chi connectivity index (χ4v) is 56.0. The van der Waals surface area contributed by atoms with Crippen LogP contribution in [0, 0.1) is 0 Å².